The summed E-state index contributed by atoms with van der Waals surface area (Å²) in [6.07, 6.45) is 3.57. The monoisotopic (exact) mass is 211 g/mol. The van der Waals surface area contributed by atoms with Gasteiger partial charge in [0.2, 0.25) is 0 Å². The predicted octanol–water partition coefficient (Wildman–Crippen LogP) is 2.51. The molecule has 78 valence electrons. The molecule has 2 N–H and O–H groups in total. The fraction of sp³-hybridized carbons (Fsp3) is 0.600. The second-order valence-electron chi connectivity index (χ2n) is 3.23. The third-order valence-corrected chi connectivity index (χ3v) is 3.49. The van der Waals surface area contributed by atoms with Crippen molar-refractivity contribution in [3.8, 4) is 0 Å². The Kier molecular flexibility index (Phi) is 4.20. The fourth-order valence-corrected chi connectivity index (χ4v) is 2.16. The minimum absolute atomic E-state index is 0.578. The zero-order chi connectivity index (χ0) is 10.6. The largest absolute Gasteiger partial charge is 0.383 e. The molecule has 0 aliphatic rings. The quantitative estimate of drug-likeness (QED) is 0.614. The SMILES string of the molecule is CCc1c(N)ncnc1SC(C)CC. The van der Waals surface area contributed by atoms with E-state index >= 15 is 0 Å². The summed E-state index contributed by atoms with van der Waals surface area (Å²) in [6, 6.07) is 0. The van der Waals surface area contributed by atoms with Crippen LogP contribution in [0.25, 0.3) is 0 Å². The van der Waals surface area contributed by atoms with Crippen molar-refractivity contribution in [1.29, 1.82) is 0 Å². The van der Waals surface area contributed by atoms with Gasteiger partial charge in [0.15, 0.2) is 0 Å². The number of anilines is 1. The number of nitrogens with two attached hydrogens (primary N) is 1. The molecule has 1 aromatic rings. The van der Waals surface area contributed by atoms with Gasteiger partial charge in [0.1, 0.15) is 17.2 Å². The molecule has 1 atom stereocenters. The van der Waals surface area contributed by atoms with E-state index in [1.54, 1.807) is 18.1 Å². The van der Waals surface area contributed by atoms with E-state index in [9.17, 15) is 0 Å². The Balaban J connectivity index is 2.90. The number of aromatic nitrogens is 2. The summed E-state index contributed by atoms with van der Waals surface area (Å²) >= 11 is 1.78. The van der Waals surface area contributed by atoms with Gasteiger partial charge in [-0.15, -0.1) is 11.8 Å². The summed E-state index contributed by atoms with van der Waals surface area (Å²) in [5.74, 6) is 0.619. The van der Waals surface area contributed by atoms with Gasteiger partial charge in [0.05, 0.1) is 0 Å². The average Bonchev–Trinajstić information content (AvgIpc) is 2.18. The van der Waals surface area contributed by atoms with Crippen molar-refractivity contribution in [2.24, 2.45) is 0 Å². The molecule has 14 heavy (non-hydrogen) atoms. The van der Waals surface area contributed by atoms with Crippen LogP contribution in [0.4, 0.5) is 5.82 Å². The van der Waals surface area contributed by atoms with E-state index in [1.807, 2.05) is 0 Å². The van der Waals surface area contributed by atoms with Crippen molar-refractivity contribution in [3.63, 3.8) is 0 Å². The van der Waals surface area contributed by atoms with Gasteiger partial charge in [-0.2, -0.15) is 0 Å². The lowest BCUT2D eigenvalue weighted by Crippen LogP contribution is -2.03. The number of nitrogens with zero attached hydrogens (tertiary/aromatic N) is 2. The van der Waals surface area contributed by atoms with Gasteiger partial charge in [-0.1, -0.05) is 20.8 Å². The number of hydrogen-bond acceptors (Lipinski definition) is 4. The smallest absolute Gasteiger partial charge is 0.131 e. The van der Waals surface area contributed by atoms with Gasteiger partial charge in [0.25, 0.3) is 0 Å². The maximum Gasteiger partial charge on any atom is 0.131 e. The summed E-state index contributed by atoms with van der Waals surface area (Å²) in [5.41, 5.74) is 6.87. The van der Waals surface area contributed by atoms with Crippen molar-refractivity contribution in [1.82, 2.24) is 9.97 Å². The van der Waals surface area contributed by atoms with Gasteiger partial charge in [0, 0.05) is 10.8 Å². The van der Waals surface area contributed by atoms with E-state index < -0.39 is 0 Å². The molecule has 0 aromatic carbocycles. The van der Waals surface area contributed by atoms with Gasteiger partial charge in [-0.3, -0.25) is 0 Å². The Morgan fingerprint density at radius 2 is 2.14 bits per heavy atom. The van der Waals surface area contributed by atoms with Crippen molar-refractivity contribution in [2.45, 2.75) is 43.9 Å². The predicted molar refractivity (Wildman–Crippen MR) is 61.4 cm³/mol. The molecule has 0 aliphatic heterocycles. The van der Waals surface area contributed by atoms with E-state index in [-0.39, 0.29) is 0 Å². The van der Waals surface area contributed by atoms with E-state index in [1.165, 1.54) is 0 Å². The molecule has 0 fully saturated rings. The summed E-state index contributed by atoms with van der Waals surface area (Å²) < 4.78 is 0. The summed E-state index contributed by atoms with van der Waals surface area (Å²) in [5, 5.41) is 1.61. The summed E-state index contributed by atoms with van der Waals surface area (Å²) in [4.78, 5) is 8.27. The third-order valence-electron chi connectivity index (χ3n) is 2.18. The molecule has 1 heterocycles. The Bertz CT molecular complexity index is 301. The first-order valence-corrected chi connectivity index (χ1v) is 5.83. The van der Waals surface area contributed by atoms with E-state index in [4.69, 9.17) is 5.73 Å². The van der Waals surface area contributed by atoms with Crippen molar-refractivity contribution >= 4 is 17.6 Å². The Hall–Kier alpha value is -0.770. The molecule has 0 aliphatic carbocycles. The first kappa shape index (κ1) is 11.3. The van der Waals surface area contributed by atoms with Gasteiger partial charge >= 0.3 is 0 Å². The van der Waals surface area contributed by atoms with Gasteiger partial charge < -0.3 is 5.73 Å². The van der Waals surface area contributed by atoms with Crippen LogP contribution in [-0.4, -0.2) is 15.2 Å². The highest BCUT2D eigenvalue weighted by Gasteiger charge is 2.10. The fourth-order valence-electron chi connectivity index (χ4n) is 1.12. The normalized spacial score (nSPS) is 12.8. The zero-order valence-corrected chi connectivity index (χ0v) is 9.77. The molecule has 0 saturated heterocycles. The van der Waals surface area contributed by atoms with Crippen LogP contribution >= 0.6 is 11.8 Å². The summed E-state index contributed by atoms with van der Waals surface area (Å²) in [6.45, 7) is 6.45. The van der Waals surface area contributed by atoms with E-state index in [2.05, 4.69) is 30.7 Å². The maximum absolute atomic E-state index is 5.78. The molecule has 0 saturated carbocycles. The van der Waals surface area contributed by atoms with Crippen molar-refractivity contribution in [2.75, 3.05) is 5.73 Å². The lowest BCUT2D eigenvalue weighted by atomic mass is 10.2. The van der Waals surface area contributed by atoms with Crippen LogP contribution < -0.4 is 5.73 Å². The van der Waals surface area contributed by atoms with Crippen molar-refractivity contribution < 1.29 is 0 Å². The highest BCUT2D eigenvalue weighted by Crippen LogP contribution is 2.28. The molecular weight excluding hydrogens is 194 g/mol. The zero-order valence-electron chi connectivity index (χ0n) is 8.95. The number of thioether (sulfide) groups is 1. The topological polar surface area (TPSA) is 51.8 Å². The minimum atomic E-state index is 0.578. The highest BCUT2D eigenvalue weighted by atomic mass is 32.2. The first-order chi connectivity index (χ1) is 6.69. The lowest BCUT2D eigenvalue weighted by molar-refractivity contribution is 0.888. The van der Waals surface area contributed by atoms with Crippen LogP contribution in [0.15, 0.2) is 11.4 Å². The molecule has 1 rings (SSSR count). The number of hydrogen-bond donors (Lipinski definition) is 1. The maximum atomic E-state index is 5.78. The molecule has 1 unspecified atom stereocenters. The van der Waals surface area contributed by atoms with E-state index in [0.29, 0.717) is 11.1 Å². The molecular formula is C10H17N3S. The number of rotatable bonds is 4. The highest BCUT2D eigenvalue weighted by molar-refractivity contribution is 7.99. The Morgan fingerprint density at radius 3 is 2.71 bits per heavy atom. The van der Waals surface area contributed by atoms with Crippen LogP contribution in [0.5, 0.6) is 0 Å². The number of nitrogen functional groups attached to an aromatic ring is 1. The molecule has 0 amide bonds. The van der Waals surface area contributed by atoms with Crippen LogP contribution in [0.2, 0.25) is 0 Å². The molecule has 0 spiro atoms. The van der Waals surface area contributed by atoms with Crippen LogP contribution in [0, 0.1) is 0 Å². The molecule has 0 bridgehead atoms. The third kappa shape index (κ3) is 2.61. The molecule has 1 aromatic heterocycles. The van der Waals surface area contributed by atoms with Crippen LogP contribution in [0.1, 0.15) is 32.8 Å². The Morgan fingerprint density at radius 1 is 1.43 bits per heavy atom. The van der Waals surface area contributed by atoms with Gasteiger partial charge in [-0.25, -0.2) is 9.97 Å². The summed E-state index contributed by atoms with van der Waals surface area (Å²) in [7, 11) is 0. The van der Waals surface area contributed by atoms with Crippen LogP contribution in [-0.2, 0) is 6.42 Å². The average molecular weight is 211 g/mol. The van der Waals surface area contributed by atoms with Gasteiger partial charge in [-0.05, 0) is 12.8 Å². The second-order valence-corrected chi connectivity index (χ2v) is 4.66. The Labute approximate surface area is 89.5 Å². The molecule has 0 radical (unpaired) electrons. The minimum Gasteiger partial charge on any atom is -0.383 e. The second kappa shape index (κ2) is 5.20. The molecule has 4 heteroatoms. The van der Waals surface area contributed by atoms with E-state index in [0.717, 1.165) is 23.4 Å². The molecule has 3 nitrogen and oxygen atoms in total. The lowest BCUT2D eigenvalue weighted by Gasteiger charge is -2.11. The van der Waals surface area contributed by atoms with Crippen LogP contribution in [0.3, 0.4) is 0 Å². The van der Waals surface area contributed by atoms with Crippen molar-refractivity contribution in [3.05, 3.63) is 11.9 Å². The first-order valence-electron chi connectivity index (χ1n) is 4.95. The standard InChI is InChI=1S/C10H17N3S/c1-4-7(3)14-10-8(5-2)9(11)12-6-13-10/h6-7H,4-5H2,1-3H3,(H2,11,12,13).